The number of aliphatic hydroxyl groups is 1. The van der Waals surface area contributed by atoms with E-state index < -0.39 is 0 Å². The minimum absolute atomic E-state index is 0.0568. The van der Waals surface area contributed by atoms with Crippen LogP contribution in [0.1, 0.15) is 46.0 Å². The molecule has 0 aromatic carbocycles. The fourth-order valence-corrected chi connectivity index (χ4v) is 3.12. The van der Waals surface area contributed by atoms with E-state index in [0.29, 0.717) is 17.4 Å². The van der Waals surface area contributed by atoms with Crippen molar-refractivity contribution in [2.24, 2.45) is 11.3 Å². The molecule has 2 nitrogen and oxygen atoms in total. The molecule has 0 bridgehead atoms. The molecule has 2 fully saturated rings. The van der Waals surface area contributed by atoms with Crippen molar-refractivity contribution in [3.8, 4) is 0 Å². The summed E-state index contributed by atoms with van der Waals surface area (Å²) in [4.78, 5) is 0. The lowest BCUT2D eigenvalue weighted by atomic mass is 9.68. The zero-order chi connectivity index (χ0) is 10.2. The van der Waals surface area contributed by atoms with Gasteiger partial charge in [0, 0.05) is 12.0 Å². The van der Waals surface area contributed by atoms with Gasteiger partial charge in [-0.3, -0.25) is 0 Å². The van der Waals surface area contributed by atoms with Crippen LogP contribution in [0, 0.1) is 11.3 Å². The van der Waals surface area contributed by atoms with Crippen LogP contribution in [0.15, 0.2) is 0 Å². The quantitative estimate of drug-likeness (QED) is 0.673. The third kappa shape index (κ3) is 2.12. The van der Waals surface area contributed by atoms with Gasteiger partial charge in [0.25, 0.3) is 0 Å². The van der Waals surface area contributed by atoms with Crippen molar-refractivity contribution in [1.82, 2.24) is 5.32 Å². The summed E-state index contributed by atoms with van der Waals surface area (Å²) in [5.41, 5.74) is 0.439. The smallest absolute Gasteiger partial charge is 0.0583 e. The maximum Gasteiger partial charge on any atom is 0.0583 e. The van der Waals surface area contributed by atoms with Crippen LogP contribution >= 0.6 is 0 Å². The molecule has 2 aliphatic rings. The van der Waals surface area contributed by atoms with Gasteiger partial charge < -0.3 is 10.4 Å². The van der Waals surface area contributed by atoms with E-state index in [9.17, 15) is 5.11 Å². The topological polar surface area (TPSA) is 32.3 Å². The van der Waals surface area contributed by atoms with Gasteiger partial charge in [-0.05, 0) is 44.1 Å². The number of aliphatic hydroxyl groups excluding tert-OH is 1. The molecule has 1 aliphatic heterocycles. The number of hydrogen-bond acceptors (Lipinski definition) is 2. The Morgan fingerprint density at radius 3 is 2.71 bits per heavy atom. The lowest BCUT2D eigenvalue weighted by Gasteiger charge is -2.41. The molecule has 0 aromatic rings. The fraction of sp³-hybridized carbons (Fsp3) is 1.00. The molecule has 2 rings (SSSR count). The zero-order valence-electron chi connectivity index (χ0n) is 9.42. The van der Waals surface area contributed by atoms with E-state index >= 15 is 0 Å². The minimum atomic E-state index is -0.0568. The van der Waals surface area contributed by atoms with Crippen LogP contribution in [0.25, 0.3) is 0 Å². The predicted octanol–water partition coefficient (Wildman–Crippen LogP) is 1.93. The summed E-state index contributed by atoms with van der Waals surface area (Å²) in [6, 6.07) is 0.588. The van der Waals surface area contributed by atoms with Gasteiger partial charge in [0.15, 0.2) is 0 Å². The number of hydrogen-bond donors (Lipinski definition) is 2. The Morgan fingerprint density at radius 1 is 1.29 bits per heavy atom. The zero-order valence-corrected chi connectivity index (χ0v) is 9.42. The van der Waals surface area contributed by atoms with Crippen LogP contribution in [0.2, 0.25) is 0 Å². The molecule has 0 spiro atoms. The van der Waals surface area contributed by atoms with Crippen molar-refractivity contribution in [3.63, 3.8) is 0 Å². The summed E-state index contributed by atoms with van der Waals surface area (Å²) in [6.07, 6.45) is 5.85. The van der Waals surface area contributed by atoms with Gasteiger partial charge in [-0.25, -0.2) is 0 Å². The summed E-state index contributed by atoms with van der Waals surface area (Å²) in [7, 11) is 0. The number of nitrogens with one attached hydrogen (secondary N) is 1. The molecule has 82 valence electrons. The van der Waals surface area contributed by atoms with Crippen LogP contribution in [0.5, 0.6) is 0 Å². The maximum absolute atomic E-state index is 10.0. The molecule has 3 atom stereocenters. The molecule has 0 amide bonds. The highest BCUT2D eigenvalue weighted by atomic mass is 16.3. The Bertz CT molecular complexity index is 196. The molecule has 0 aromatic heterocycles. The van der Waals surface area contributed by atoms with Crippen molar-refractivity contribution in [3.05, 3.63) is 0 Å². The second kappa shape index (κ2) is 3.82. The first-order chi connectivity index (χ1) is 6.58. The first-order valence-electron chi connectivity index (χ1n) is 6.00. The van der Waals surface area contributed by atoms with Gasteiger partial charge >= 0.3 is 0 Å². The highest BCUT2D eigenvalue weighted by Gasteiger charge is 2.38. The van der Waals surface area contributed by atoms with Crippen LogP contribution in [0.3, 0.4) is 0 Å². The molecule has 2 heteroatoms. The van der Waals surface area contributed by atoms with Crippen LogP contribution in [-0.2, 0) is 0 Å². The van der Waals surface area contributed by atoms with E-state index in [1.807, 2.05) is 0 Å². The van der Waals surface area contributed by atoms with Crippen molar-refractivity contribution in [1.29, 1.82) is 0 Å². The van der Waals surface area contributed by atoms with Crippen LogP contribution in [-0.4, -0.2) is 23.8 Å². The second-order valence-electron chi connectivity index (χ2n) is 5.84. The fourth-order valence-electron chi connectivity index (χ4n) is 3.12. The summed E-state index contributed by atoms with van der Waals surface area (Å²) >= 11 is 0. The van der Waals surface area contributed by atoms with Gasteiger partial charge in [-0.15, -0.1) is 0 Å². The molecular formula is C12H23NO. The lowest BCUT2D eigenvalue weighted by Crippen LogP contribution is -2.44. The first kappa shape index (κ1) is 10.4. The van der Waals surface area contributed by atoms with Gasteiger partial charge in [0.1, 0.15) is 0 Å². The second-order valence-corrected chi connectivity index (χ2v) is 5.84. The van der Waals surface area contributed by atoms with Gasteiger partial charge in [0.05, 0.1) is 6.10 Å². The first-order valence-corrected chi connectivity index (χ1v) is 6.00. The molecule has 3 unspecified atom stereocenters. The molecule has 1 saturated carbocycles. The van der Waals surface area contributed by atoms with Gasteiger partial charge in [-0.1, -0.05) is 13.8 Å². The van der Waals surface area contributed by atoms with Crippen molar-refractivity contribution in [2.75, 3.05) is 6.54 Å². The normalized spacial score (nSPS) is 42.6. The predicted molar refractivity (Wildman–Crippen MR) is 58.2 cm³/mol. The molecule has 1 saturated heterocycles. The van der Waals surface area contributed by atoms with E-state index in [1.54, 1.807) is 0 Å². The third-order valence-electron chi connectivity index (χ3n) is 4.01. The van der Waals surface area contributed by atoms with Crippen molar-refractivity contribution < 1.29 is 5.11 Å². The van der Waals surface area contributed by atoms with Crippen molar-refractivity contribution >= 4 is 0 Å². The summed E-state index contributed by atoms with van der Waals surface area (Å²) in [6.45, 7) is 5.82. The molecule has 1 heterocycles. The van der Waals surface area contributed by atoms with Gasteiger partial charge in [-0.2, -0.15) is 0 Å². The minimum Gasteiger partial charge on any atom is -0.393 e. The molecule has 14 heavy (non-hydrogen) atoms. The Balaban J connectivity index is 2.00. The summed E-state index contributed by atoms with van der Waals surface area (Å²) < 4.78 is 0. The van der Waals surface area contributed by atoms with Gasteiger partial charge in [0.2, 0.25) is 0 Å². The largest absolute Gasteiger partial charge is 0.393 e. The highest BCUT2D eigenvalue weighted by molar-refractivity contribution is 4.92. The molecule has 0 radical (unpaired) electrons. The molecule has 1 aliphatic carbocycles. The Hall–Kier alpha value is -0.0800. The average Bonchev–Trinajstić information content (AvgIpc) is 2.62. The Labute approximate surface area is 87.1 Å². The van der Waals surface area contributed by atoms with Crippen LogP contribution in [0.4, 0.5) is 0 Å². The van der Waals surface area contributed by atoms with E-state index in [1.165, 1.54) is 25.7 Å². The average molecular weight is 197 g/mol. The molecular weight excluding hydrogens is 174 g/mol. The SMILES string of the molecule is CC1(C)CCC(O)C(C2CCCN2)C1. The Morgan fingerprint density at radius 2 is 2.07 bits per heavy atom. The van der Waals surface area contributed by atoms with E-state index in [2.05, 4.69) is 19.2 Å². The number of rotatable bonds is 1. The highest BCUT2D eigenvalue weighted by Crippen LogP contribution is 2.41. The lowest BCUT2D eigenvalue weighted by molar-refractivity contribution is 0.00647. The Kier molecular flexibility index (Phi) is 2.85. The maximum atomic E-state index is 10.0. The molecule has 2 N–H and O–H groups in total. The van der Waals surface area contributed by atoms with E-state index in [0.717, 1.165) is 13.0 Å². The third-order valence-corrected chi connectivity index (χ3v) is 4.01. The van der Waals surface area contributed by atoms with Crippen molar-refractivity contribution in [2.45, 2.75) is 58.1 Å². The van der Waals surface area contributed by atoms with E-state index in [-0.39, 0.29) is 6.10 Å². The monoisotopic (exact) mass is 197 g/mol. The standard InChI is InChI=1S/C12H23NO/c1-12(2)6-5-11(14)9(8-12)10-4-3-7-13-10/h9-11,13-14H,3-8H2,1-2H3. The summed E-state index contributed by atoms with van der Waals surface area (Å²) in [5.74, 6) is 0.501. The summed E-state index contributed by atoms with van der Waals surface area (Å²) in [5, 5.41) is 13.6. The van der Waals surface area contributed by atoms with E-state index in [4.69, 9.17) is 0 Å². The van der Waals surface area contributed by atoms with Crippen LogP contribution < -0.4 is 5.32 Å².